The van der Waals surface area contributed by atoms with Crippen LogP contribution in [0.25, 0.3) is 0 Å². The lowest BCUT2D eigenvalue weighted by Crippen LogP contribution is -2.30. The summed E-state index contributed by atoms with van der Waals surface area (Å²) in [5.41, 5.74) is 0. The highest BCUT2D eigenvalue weighted by Crippen LogP contribution is 2.43. The second-order valence-corrected chi connectivity index (χ2v) is 22.6. The Morgan fingerprint density at radius 3 is 1.03 bits per heavy atom. The van der Waals surface area contributed by atoms with E-state index in [1.165, 1.54) is 109 Å². The molecule has 0 saturated carbocycles. The van der Waals surface area contributed by atoms with Crippen molar-refractivity contribution < 1.29 is 52.2 Å². The zero-order valence-corrected chi connectivity index (χ0v) is 51.0. The van der Waals surface area contributed by atoms with Gasteiger partial charge in [0.1, 0.15) is 12.7 Å². The number of hydrogen-bond donors (Lipinski definition) is 2. The summed E-state index contributed by atoms with van der Waals surface area (Å²) in [6, 6.07) is 0. The van der Waals surface area contributed by atoms with Crippen LogP contribution in [0.1, 0.15) is 290 Å². The number of rotatable bonds is 59. The van der Waals surface area contributed by atoms with Gasteiger partial charge in [-0.15, -0.1) is 0 Å². The fraction of sp³-hybridized carbons (Fsp3) is 0.773. The van der Waals surface area contributed by atoms with Gasteiger partial charge in [0.25, 0.3) is 0 Å². The zero-order chi connectivity index (χ0) is 56.9. The summed E-state index contributed by atoms with van der Waals surface area (Å²) in [5.74, 6) is -1.48. The molecule has 2 N–H and O–H groups in total. The summed E-state index contributed by atoms with van der Waals surface area (Å²) in [4.78, 5) is 48.7. The second-order valence-electron chi connectivity index (χ2n) is 21.2. The molecule has 3 unspecified atom stereocenters. The number of phosphoric acid groups is 1. The number of unbranched alkanes of at least 4 members (excludes halogenated alkanes) is 30. The largest absolute Gasteiger partial charge is 0.472 e. The maximum absolute atomic E-state index is 13.0. The normalized spacial score (nSPS) is 13.8. The fourth-order valence-electron chi connectivity index (χ4n) is 8.86. The van der Waals surface area contributed by atoms with Crippen LogP contribution in [-0.2, 0) is 42.2 Å². The molecule has 0 aliphatic heterocycles. The SMILES string of the molecule is CC/C=C\C/C=C\C/C=C\CCCCCCCCCC(=O)OC(CO)COP(=O)(O)OCC(COC(=O)CCCCCCC/C=C\C/C=C\C/C=C\CC)OC(=O)CCCCCCCCCCCCCCCCCCCCC. The molecule has 0 aliphatic rings. The molecular weight excluding hydrogens is 1000 g/mol. The van der Waals surface area contributed by atoms with Crippen molar-refractivity contribution >= 4 is 25.7 Å². The van der Waals surface area contributed by atoms with Crippen LogP contribution in [-0.4, -0.2) is 66.5 Å². The lowest BCUT2D eigenvalue weighted by atomic mass is 10.0. The molecule has 0 rings (SSSR count). The lowest BCUT2D eigenvalue weighted by molar-refractivity contribution is -0.161. The van der Waals surface area contributed by atoms with Gasteiger partial charge in [-0.25, -0.2) is 4.57 Å². The Balaban J connectivity index is 4.69. The number of allylic oxidation sites excluding steroid dienone is 12. The molecule has 11 nitrogen and oxygen atoms in total. The van der Waals surface area contributed by atoms with E-state index in [4.69, 9.17) is 23.3 Å². The van der Waals surface area contributed by atoms with Gasteiger partial charge in [-0.1, -0.05) is 261 Å². The van der Waals surface area contributed by atoms with Crippen molar-refractivity contribution in [2.75, 3.05) is 26.4 Å². The predicted molar refractivity (Wildman–Crippen MR) is 325 cm³/mol. The Bertz CT molecular complexity index is 1590. The van der Waals surface area contributed by atoms with Crippen LogP contribution in [0, 0.1) is 0 Å². The van der Waals surface area contributed by atoms with Crippen molar-refractivity contribution in [1.29, 1.82) is 0 Å². The second kappa shape index (κ2) is 60.0. The Morgan fingerprint density at radius 2 is 0.667 bits per heavy atom. The van der Waals surface area contributed by atoms with Gasteiger partial charge in [-0.3, -0.25) is 23.4 Å². The molecular formula is C66H117O11P. The third-order valence-electron chi connectivity index (χ3n) is 13.6. The monoisotopic (exact) mass is 1120 g/mol. The molecule has 0 radical (unpaired) electrons. The zero-order valence-electron chi connectivity index (χ0n) is 50.1. The number of carbonyl (C=O) groups is 3. The number of aliphatic hydroxyl groups excluding tert-OH is 1. The summed E-state index contributed by atoms with van der Waals surface area (Å²) in [7, 11) is -4.76. The van der Waals surface area contributed by atoms with Crippen molar-refractivity contribution in [3.05, 3.63) is 72.9 Å². The van der Waals surface area contributed by atoms with E-state index in [1.807, 2.05) is 0 Å². The van der Waals surface area contributed by atoms with Crippen molar-refractivity contribution in [3.63, 3.8) is 0 Å². The first-order chi connectivity index (χ1) is 38.2. The summed E-state index contributed by atoms with van der Waals surface area (Å²) < 4.78 is 39.7. The van der Waals surface area contributed by atoms with Gasteiger partial charge < -0.3 is 24.2 Å². The van der Waals surface area contributed by atoms with E-state index in [1.54, 1.807) is 0 Å². The van der Waals surface area contributed by atoms with Crippen molar-refractivity contribution in [2.24, 2.45) is 0 Å². The Labute approximate surface area is 478 Å². The van der Waals surface area contributed by atoms with E-state index in [-0.39, 0.29) is 25.9 Å². The van der Waals surface area contributed by atoms with Crippen molar-refractivity contribution in [1.82, 2.24) is 0 Å². The van der Waals surface area contributed by atoms with E-state index in [0.717, 1.165) is 122 Å². The van der Waals surface area contributed by atoms with E-state index >= 15 is 0 Å². The van der Waals surface area contributed by atoms with E-state index in [2.05, 4.69) is 93.7 Å². The smallest absolute Gasteiger partial charge is 0.462 e. The molecule has 0 saturated heterocycles. The Hall–Kier alpha value is -3.08. The maximum atomic E-state index is 13.0. The number of hydrogen-bond acceptors (Lipinski definition) is 10. The minimum atomic E-state index is -4.76. The molecule has 0 aromatic carbocycles. The summed E-state index contributed by atoms with van der Waals surface area (Å²) in [5, 5.41) is 9.85. The lowest BCUT2D eigenvalue weighted by Gasteiger charge is -2.21. The fourth-order valence-corrected chi connectivity index (χ4v) is 9.64. The molecule has 78 heavy (non-hydrogen) atoms. The minimum Gasteiger partial charge on any atom is -0.462 e. The Morgan fingerprint density at radius 1 is 0.372 bits per heavy atom. The van der Waals surface area contributed by atoms with Gasteiger partial charge in [0.15, 0.2) is 6.10 Å². The van der Waals surface area contributed by atoms with Crippen molar-refractivity contribution in [2.45, 2.75) is 303 Å². The Kier molecular flexibility index (Phi) is 57.7. The van der Waals surface area contributed by atoms with E-state index in [0.29, 0.717) is 19.3 Å². The molecule has 0 spiro atoms. The van der Waals surface area contributed by atoms with E-state index in [9.17, 15) is 28.9 Å². The van der Waals surface area contributed by atoms with Crippen LogP contribution in [0.15, 0.2) is 72.9 Å². The highest BCUT2D eigenvalue weighted by atomic mass is 31.2. The van der Waals surface area contributed by atoms with Crippen LogP contribution < -0.4 is 0 Å². The highest BCUT2D eigenvalue weighted by molar-refractivity contribution is 7.47. The molecule has 0 bridgehead atoms. The van der Waals surface area contributed by atoms with Gasteiger partial charge in [0.2, 0.25) is 0 Å². The average molecular weight is 1120 g/mol. The topological polar surface area (TPSA) is 155 Å². The van der Waals surface area contributed by atoms with Crippen molar-refractivity contribution in [3.8, 4) is 0 Å². The van der Waals surface area contributed by atoms with Crippen LogP contribution >= 0.6 is 7.82 Å². The number of aliphatic hydroxyl groups is 1. The number of phosphoric ester groups is 1. The van der Waals surface area contributed by atoms with E-state index < -0.39 is 57.8 Å². The molecule has 0 fully saturated rings. The van der Waals surface area contributed by atoms with Gasteiger partial charge in [0, 0.05) is 19.3 Å². The highest BCUT2D eigenvalue weighted by Gasteiger charge is 2.28. The third kappa shape index (κ3) is 57.6. The first kappa shape index (κ1) is 74.9. The molecule has 3 atom stereocenters. The molecule has 0 amide bonds. The average Bonchev–Trinajstić information content (AvgIpc) is 3.43. The maximum Gasteiger partial charge on any atom is 0.472 e. The molecule has 0 aromatic rings. The summed E-state index contributed by atoms with van der Waals surface area (Å²) in [6.07, 6.45) is 68.5. The van der Waals surface area contributed by atoms with Gasteiger partial charge in [-0.05, 0) is 83.5 Å². The molecule has 12 heteroatoms. The third-order valence-corrected chi connectivity index (χ3v) is 14.6. The molecule has 0 aliphatic carbocycles. The van der Waals surface area contributed by atoms with Gasteiger partial charge >= 0.3 is 25.7 Å². The molecule has 0 heterocycles. The van der Waals surface area contributed by atoms with Gasteiger partial charge in [-0.2, -0.15) is 0 Å². The molecule has 452 valence electrons. The van der Waals surface area contributed by atoms with Gasteiger partial charge in [0.05, 0.1) is 19.8 Å². The quantitative estimate of drug-likeness (QED) is 0.0197. The number of ether oxygens (including phenoxy) is 3. The van der Waals surface area contributed by atoms with Crippen LogP contribution in [0.3, 0.4) is 0 Å². The number of carbonyl (C=O) groups excluding carboxylic acids is 3. The summed E-state index contributed by atoms with van der Waals surface area (Å²) in [6.45, 7) is 4.44. The number of esters is 3. The predicted octanol–water partition coefficient (Wildman–Crippen LogP) is 19.3. The van der Waals surface area contributed by atoms with Crippen LogP contribution in [0.4, 0.5) is 0 Å². The molecule has 0 aromatic heterocycles. The first-order valence-corrected chi connectivity index (χ1v) is 33.3. The standard InChI is InChI=1S/C66H117O11P/c1-4-7-10-13-16-19-22-25-28-30-31-33-36-39-42-45-48-51-54-57-66(70)77-63(59-73-64(68)55-52-49-46-43-40-37-34-27-24-21-18-15-12-9-6-3)61-75-78(71,72)74-60-62(58-67)76-65(69)56-53-50-47-44-41-38-35-32-29-26-23-20-17-14-11-8-5-2/h8-9,11-12,17-18,20-21,26-27,29,34,62-63,67H,4-7,10,13-16,19,22-25,28,30-33,35-61H2,1-3H3,(H,71,72)/b11-8-,12-9-,20-17-,21-18-,29-26-,34-27-. The van der Waals surface area contributed by atoms with Crippen LogP contribution in [0.2, 0.25) is 0 Å². The first-order valence-electron chi connectivity index (χ1n) is 31.8. The minimum absolute atomic E-state index is 0.164. The summed E-state index contributed by atoms with van der Waals surface area (Å²) >= 11 is 0. The van der Waals surface area contributed by atoms with Crippen LogP contribution in [0.5, 0.6) is 0 Å².